The van der Waals surface area contributed by atoms with Gasteiger partial charge in [0.2, 0.25) is 0 Å². The van der Waals surface area contributed by atoms with Crippen molar-refractivity contribution in [2.24, 2.45) is 5.10 Å². The second-order valence-electron chi connectivity index (χ2n) is 4.03. The van der Waals surface area contributed by atoms with E-state index < -0.39 is 5.97 Å². The summed E-state index contributed by atoms with van der Waals surface area (Å²) in [5.74, 6) is -0.216. The molecule has 2 rings (SSSR count). The minimum Gasteiger partial charge on any atom is -0.497 e. The summed E-state index contributed by atoms with van der Waals surface area (Å²) in [6.45, 7) is 0. The third-order valence-electron chi connectivity index (χ3n) is 2.61. The fourth-order valence-corrected chi connectivity index (χ4v) is 1.62. The van der Waals surface area contributed by atoms with Gasteiger partial charge in [-0.25, -0.2) is 4.79 Å². The highest BCUT2D eigenvalue weighted by atomic mass is 16.5. The van der Waals surface area contributed by atoms with Crippen molar-refractivity contribution in [3.05, 3.63) is 59.7 Å². The molecule has 0 aliphatic heterocycles. The number of carboxylic acids is 1. The maximum Gasteiger partial charge on any atom is 0.335 e. The molecule has 0 radical (unpaired) electrons. The first-order chi connectivity index (χ1) is 9.69. The van der Waals surface area contributed by atoms with Crippen molar-refractivity contribution in [3.63, 3.8) is 0 Å². The Morgan fingerprint density at radius 2 is 2.05 bits per heavy atom. The van der Waals surface area contributed by atoms with Crippen LogP contribution in [0.4, 0.5) is 5.69 Å². The Balaban J connectivity index is 2.05. The van der Waals surface area contributed by atoms with E-state index in [9.17, 15) is 4.79 Å². The van der Waals surface area contributed by atoms with E-state index in [1.807, 2.05) is 24.3 Å². The molecule has 0 bridgehead atoms. The van der Waals surface area contributed by atoms with Crippen LogP contribution in [0.25, 0.3) is 0 Å². The van der Waals surface area contributed by atoms with Crippen molar-refractivity contribution < 1.29 is 14.6 Å². The second-order valence-corrected chi connectivity index (χ2v) is 4.03. The summed E-state index contributed by atoms with van der Waals surface area (Å²) in [7, 11) is 1.60. The third-order valence-corrected chi connectivity index (χ3v) is 2.61. The molecule has 0 saturated carbocycles. The van der Waals surface area contributed by atoms with Crippen LogP contribution >= 0.6 is 0 Å². The topological polar surface area (TPSA) is 70.9 Å². The van der Waals surface area contributed by atoms with Crippen LogP contribution < -0.4 is 10.2 Å². The number of rotatable bonds is 5. The molecule has 0 aliphatic rings. The van der Waals surface area contributed by atoms with E-state index in [0.29, 0.717) is 5.69 Å². The maximum absolute atomic E-state index is 10.8. The van der Waals surface area contributed by atoms with Gasteiger partial charge in [0.25, 0.3) is 0 Å². The molecule has 0 amide bonds. The zero-order valence-electron chi connectivity index (χ0n) is 10.9. The van der Waals surface area contributed by atoms with Crippen molar-refractivity contribution in [1.29, 1.82) is 0 Å². The van der Waals surface area contributed by atoms with Crippen molar-refractivity contribution in [3.8, 4) is 5.75 Å². The number of hydrogen-bond acceptors (Lipinski definition) is 4. The van der Waals surface area contributed by atoms with Gasteiger partial charge in [-0.05, 0) is 35.9 Å². The Hall–Kier alpha value is -2.82. The quantitative estimate of drug-likeness (QED) is 0.647. The summed E-state index contributed by atoms with van der Waals surface area (Å²) in [4.78, 5) is 10.8. The Labute approximate surface area is 116 Å². The number of methoxy groups -OCH3 is 1. The summed E-state index contributed by atoms with van der Waals surface area (Å²) >= 11 is 0. The summed E-state index contributed by atoms with van der Waals surface area (Å²) in [5, 5.41) is 13.0. The van der Waals surface area contributed by atoms with Crippen molar-refractivity contribution in [2.45, 2.75) is 0 Å². The number of carbonyl (C=O) groups is 1. The van der Waals surface area contributed by atoms with E-state index in [-0.39, 0.29) is 5.56 Å². The average molecular weight is 270 g/mol. The summed E-state index contributed by atoms with van der Waals surface area (Å²) < 4.78 is 5.11. The lowest BCUT2D eigenvalue weighted by Gasteiger charge is -2.02. The molecule has 0 fully saturated rings. The van der Waals surface area contributed by atoms with Gasteiger partial charge in [-0.15, -0.1) is 0 Å². The van der Waals surface area contributed by atoms with Gasteiger partial charge in [0, 0.05) is 0 Å². The van der Waals surface area contributed by atoms with E-state index in [4.69, 9.17) is 9.84 Å². The van der Waals surface area contributed by atoms with Crippen LogP contribution in [0.3, 0.4) is 0 Å². The monoisotopic (exact) mass is 270 g/mol. The molecular weight excluding hydrogens is 256 g/mol. The molecule has 2 aromatic carbocycles. The minimum absolute atomic E-state index is 0.214. The number of hydrazone groups is 1. The van der Waals surface area contributed by atoms with E-state index in [0.717, 1.165) is 11.3 Å². The molecule has 20 heavy (non-hydrogen) atoms. The molecule has 2 N–H and O–H groups in total. The van der Waals surface area contributed by atoms with Gasteiger partial charge in [0.05, 0.1) is 24.6 Å². The van der Waals surface area contributed by atoms with Crippen LogP contribution in [-0.4, -0.2) is 24.4 Å². The first kappa shape index (κ1) is 13.6. The molecule has 102 valence electrons. The van der Waals surface area contributed by atoms with Crippen LogP contribution in [0, 0.1) is 0 Å². The SMILES string of the molecule is COc1cccc(/C=N/Nc2cccc(C(=O)O)c2)c1. The number of hydrogen-bond donors (Lipinski definition) is 2. The Morgan fingerprint density at radius 1 is 1.25 bits per heavy atom. The van der Waals surface area contributed by atoms with Crippen LogP contribution in [0.2, 0.25) is 0 Å². The van der Waals surface area contributed by atoms with Crippen molar-refractivity contribution in [2.75, 3.05) is 12.5 Å². The Kier molecular flexibility index (Phi) is 4.34. The highest BCUT2D eigenvalue weighted by Gasteiger charge is 2.01. The number of ether oxygens (including phenoxy) is 1. The highest BCUT2D eigenvalue weighted by Crippen LogP contribution is 2.12. The number of carboxylic acid groups (broad SMARTS) is 1. The lowest BCUT2D eigenvalue weighted by molar-refractivity contribution is 0.0697. The standard InChI is InChI=1S/C15H14N2O3/c1-20-14-7-2-4-11(8-14)10-16-17-13-6-3-5-12(9-13)15(18)19/h2-10,17H,1H3,(H,18,19)/b16-10+. The molecule has 0 spiro atoms. The van der Waals surface area contributed by atoms with Crippen LogP contribution in [0.15, 0.2) is 53.6 Å². The highest BCUT2D eigenvalue weighted by molar-refractivity contribution is 5.88. The van der Waals surface area contributed by atoms with E-state index in [1.54, 1.807) is 25.5 Å². The molecule has 5 nitrogen and oxygen atoms in total. The Bertz CT molecular complexity index is 639. The molecule has 5 heteroatoms. The molecule has 2 aromatic rings. The van der Waals surface area contributed by atoms with Gasteiger partial charge in [-0.1, -0.05) is 18.2 Å². The summed E-state index contributed by atoms with van der Waals surface area (Å²) in [5.41, 5.74) is 4.50. The lowest BCUT2D eigenvalue weighted by Crippen LogP contribution is -1.97. The predicted molar refractivity (Wildman–Crippen MR) is 77.6 cm³/mol. The molecule has 0 saturated heterocycles. The molecular formula is C15H14N2O3. The fraction of sp³-hybridized carbons (Fsp3) is 0.0667. The van der Waals surface area contributed by atoms with Gasteiger partial charge in [-0.2, -0.15) is 5.10 Å². The van der Waals surface area contributed by atoms with Crippen LogP contribution in [0.5, 0.6) is 5.75 Å². The smallest absolute Gasteiger partial charge is 0.335 e. The van der Waals surface area contributed by atoms with Crippen molar-refractivity contribution >= 4 is 17.9 Å². The first-order valence-electron chi connectivity index (χ1n) is 5.95. The van der Waals surface area contributed by atoms with Gasteiger partial charge in [-0.3, -0.25) is 5.43 Å². The van der Waals surface area contributed by atoms with Crippen LogP contribution in [-0.2, 0) is 0 Å². The molecule has 0 atom stereocenters. The van der Waals surface area contributed by atoms with E-state index in [2.05, 4.69) is 10.5 Å². The molecule has 0 aliphatic carbocycles. The third kappa shape index (κ3) is 3.58. The maximum atomic E-state index is 10.8. The zero-order valence-corrected chi connectivity index (χ0v) is 10.9. The second kappa shape index (κ2) is 6.38. The number of nitrogens with zero attached hydrogens (tertiary/aromatic N) is 1. The molecule has 0 heterocycles. The fourth-order valence-electron chi connectivity index (χ4n) is 1.62. The summed E-state index contributed by atoms with van der Waals surface area (Å²) in [6, 6.07) is 13.9. The lowest BCUT2D eigenvalue weighted by atomic mass is 10.2. The molecule has 0 aromatic heterocycles. The number of benzene rings is 2. The normalized spacial score (nSPS) is 10.4. The number of aromatic carboxylic acids is 1. The Morgan fingerprint density at radius 3 is 2.80 bits per heavy atom. The summed E-state index contributed by atoms with van der Waals surface area (Å²) in [6.07, 6.45) is 1.63. The van der Waals surface area contributed by atoms with Gasteiger partial charge >= 0.3 is 5.97 Å². The van der Waals surface area contributed by atoms with Gasteiger partial charge in [0.1, 0.15) is 5.75 Å². The number of anilines is 1. The number of nitrogens with one attached hydrogen (secondary N) is 1. The largest absolute Gasteiger partial charge is 0.497 e. The minimum atomic E-state index is -0.967. The molecule has 0 unspecified atom stereocenters. The average Bonchev–Trinajstić information content (AvgIpc) is 2.48. The zero-order chi connectivity index (χ0) is 14.4. The van der Waals surface area contributed by atoms with E-state index in [1.165, 1.54) is 12.1 Å². The predicted octanol–water partition coefficient (Wildman–Crippen LogP) is 2.84. The van der Waals surface area contributed by atoms with Crippen LogP contribution in [0.1, 0.15) is 15.9 Å². The van der Waals surface area contributed by atoms with Gasteiger partial charge in [0.15, 0.2) is 0 Å². The van der Waals surface area contributed by atoms with Gasteiger partial charge < -0.3 is 9.84 Å². The van der Waals surface area contributed by atoms with Crippen molar-refractivity contribution in [1.82, 2.24) is 0 Å². The van der Waals surface area contributed by atoms with E-state index >= 15 is 0 Å². The first-order valence-corrected chi connectivity index (χ1v) is 5.95.